The lowest BCUT2D eigenvalue weighted by Gasteiger charge is -2.19. The predicted octanol–water partition coefficient (Wildman–Crippen LogP) is 2.37. The molecule has 1 heterocycles. The van der Waals surface area contributed by atoms with E-state index >= 15 is 0 Å². The van der Waals surface area contributed by atoms with Crippen molar-refractivity contribution in [3.8, 4) is 5.75 Å². The van der Waals surface area contributed by atoms with Gasteiger partial charge in [-0.05, 0) is 37.1 Å². The van der Waals surface area contributed by atoms with Crippen LogP contribution in [0.1, 0.15) is 30.6 Å². The third kappa shape index (κ3) is 2.63. The van der Waals surface area contributed by atoms with E-state index in [4.69, 9.17) is 4.74 Å². The van der Waals surface area contributed by atoms with Crippen molar-refractivity contribution in [1.82, 2.24) is 9.55 Å². The van der Waals surface area contributed by atoms with Gasteiger partial charge in [0.05, 0.1) is 38.0 Å². The van der Waals surface area contributed by atoms with Gasteiger partial charge in [0.2, 0.25) is 0 Å². The highest BCUT2D eigenvalue weighted by molar-refractivity contribution is 5.47. The number of aliphatic hydroxyl groups is 1. The van der Waals surface area contributed by atoms with Crippen LogP contribution in [0.15, 0.2) is 36.8 Å². The van der Waals surface area contributed by atoms with Crippen molar-refractivity contribution >= 4 is 5.69 Å². The standard InChI is InChI=1S/C15H19N3O2/c1-20-13-6-2-11(3-7-13)17-14(9-19)15-8-16-10-18(15)12-4-5-12/h2-3,6-8,10,12,14,17,19H,4-5,9H2,1H3. The Morgan fingerprint density at radius 1 is 1.40 bits per heavy atom. The molecule has 5 nitrogen and oxygen atoms in total. The van der Waals surface area contributed by atoms with Crippen molar-refractivity contribution in [2.45, 2.75) is 24.9 Å². The minimum Gasteiger partial charge on any atom is -0.497 e. The van der Waals surface area contributed by atoms with E-state index < -0.39 is 0 Å². The van der Waals surface area contributed by atoms with Crippen molar-refractivity contribution in [1.29, 1.82) is 0 Å². The minimum atomic E-state index is -0.147. The van der Waals surface area contributed by atoms with Crippen molar-refractivity contribution in [3.63, 3.8) is 0 Å². The molecule has 1 aromatic carbocycles. The summed E-state index contributed by atoms with van der Waals surface area (Å²) >= 11 is 0. The molecule has 0 spiro atoms. The van der Waals surface area contributed by atoms with Gasteiger partial charge < -0.3 is 19.7 Å². The Morgan fingerprint density at radius 3 is 2.75 bits per heavy atom. The van der Waals surface area contributed by atoms with E-state index in [1.54, 1.807) is 7.11 Å². The van der Waals surface area contributed by atoms with Crippen molar-refractivity contribution in [2.75, 3.05) is 19.0 Å². The first-order valence-electron chi connectivity index (χ1n) is 6.85. The van der Waals surface area contributed by atoms with E-state index in [1.165, 1.54) is 12.8 Å². The zero-order valence-corrected chi connectivity index (χ0v) is 11.5. The minimum absolute atomic E-state index is 0.0322. The Labute approximate surface area is 118 Å². The van der Waals surface area contributed by atoms with E-state index in [0.717, 1.165) is 17.1 Å². The maximum absolute atomic E-state index is 9.66. The predicted molar refractivity (Wildman–Crippen MR) is 76.9 cm³/mol. The lowest BCUT2D eigenvalue weighted by Crippen LogP contribution is -2.18. The number of hydrogen-bond acceptors (Lipinski definition) is 4. The summed E-state index contributed by atoms with van der Waals surface area (Å²) in [6.07, 6.45) is 6.08. The molecule has 1 atom stereocenters. The second-order valence-electron chi connectivity index (χ2n) is 5.06. The molecule has 0 saturated heterocycles. The van der Waals surface area contributed by atoms with Crippen LogP contribution in [0.3, 0.4) is 0 Å². The number of hydrogen-bond donors (Lipinski definition) is 2. The third-order valence-corrected chi connectivity index (χ3v) is 3.61. The van der Waals surface area contributed by atoms with Gasteiger partial charge in [-0.3, -0.25) is 0 Å². The van der Waals surface area contributed by atoms with Gasteiger partial charge in [-0.1, -0.05) is 0 Å². The second-order valence-corrected chi connectivity index (χ2v) is 5.06. The summed E-state index contributed by atoms with van der Waals surface area (Å²) in [4.78, 5) is 4.21. The summed E-state index contributed by atoms with van der Waals surface area (Å²) in [6.45, 7) is 0.0322. The smallest absolute Gasteiger partial charge is 0.119 e. The molecule has 3 rings (SSSR count). The number of nitrogens with zero attached hydrogens (tertiary/aromatic N) is 2. The monoisotopic (exact) mass is 273 g/mol. The number of aliphatic hydroxyl groups excluding tert-OH is 1. The van der Waals surface area contributed by atoms with Crippen LogP contribution in [0.4, 0.5) is 5.69 Å². The third-order valence-electron chi connectivity index (χ3n) is 3.61. The zero-order valence-electron chi connectivity index (χ0n) is 11.5. The van der Waals surface area contributed by atoms with Gasteiger partial charge in [-0.15, -0.1) is 0 Å². The highest BCUT2D eigenvalue weighted by Gasteiger charge is 2.27. The number of anilines is 1. The Bertz CT molecular complexity index is 561. The lowest BCUT2D eigenvalue weighted by molar-refractivity contribution is 0.272. The molecule has 0 amide bonds. The SMILES string of the molecule is COc1ccc(NC(CO)c2cncn2C2CC2)cc1. The molecule has 0 bridgehead atoms. The largest absolute Gasteiger partial charge is 0.497 e. The zero-order chi connectivity index (χ0) is 13.9. The van der Waals surface area contributed by atoms with Crippen LogP contribution in [0.2, 0.25) is 0 Å². The van der Waals surface area contributed by atoms with Crippen molar-refractivity contribution in [2.24, 2.45) is 0 Å². The molecule has 1 aliphatic carbocycles. The van der Waals surface area contributed by atoms with Crippen molar-refractivity contribution in [3.05, 3.63) is 42.5 Å². The van der Waals surface area contributed by atoms with Crippen LogP contribution in [-0.2, 0) is 0 Å². The number of methoxy groups -OCH3 is 1. The van der Waals surface area contributed by atoms with E-state index in [1.807, 2.05) is 36.8 Å². The molecule has 0 aliphatic heterocycles. The molecule has 5 heteroatoms. The molecule has 0 radical (unpaired) electrons. The summed E-state index contributed by atoms with van der Waals surface area (Å²) in [5.41, 5.74) is 1.99. The van der Waals surface area contributed by atoms with E-state index in [2.05, 4.69) is 14.9 Å². The van der Waals surface area contributed by atoms with E-state index in [9.17, 15) is 5.11 Å². The van der Waals surface area contributed by atoms with Crippen molar-refractivity contribution < 1.29 is 9.84 Å². The Morgan fingerprint density at radius 2 is 2.15 bits per heavy atom. The summed E-state index contributed by atoms with van der Waals surface area (Å²) in [7, 11) is 1.65. The summed E-state index contributed by atoms with van der Waals surface area (Å²) in [5.74, 6) is 0.819. The van der Waals surface area contributed by atoms with Crippen LogP contribution in [0, 0.1) is 0 Å². The van der Waals surface area contributed by atoms with Crippen LogP contribution in [-0.4, -0.2) is 28.4 Å². The molecule has 2 N–H and O–H groups in total. The molecule has 1 aromatic heterocycles. The van der Waals surface area contributed by atoms with E-state index in [-0.39, 0.29) is 12.6 Å². The number of imidazole rings is 1. The second kappa shape index (κ2) is 5.54. The first kappa shape index (κ1) is 13.0. The molecule has 20 heavy (non-hydrogen) atoms. The molecule has 1 saturated carbocycles. The average molecular weight is 273 g/mol. The number of rotatable bonds is 6. The maximum Gasteiger partial charge on any atom is 0.119 e. The number of benzene rings is 1. The molecule has 1 fully saturated rings. The van der Waals surface area contributed by atoms with Crippen LogP contribution in [0.5, 0.6) is 5.75 Å². The molecule has 106 valence electrons. The molecule has 1 unspecified atom stereocenters. The molecular formula is C15H19N3O2. The van der Waals surface area contributed by atoms with Gasteiger partial charge >= 0.3 is 0 Å². The molecule has 2 aromatic rings. The van der Waals surface area contributed by atoms with Gasteiger partial charge in [0, 0.05) is 11.7 Å². The highest BCUT2D eigenvalue weighted by Crippen LogP contribution is 2.37. The van der Waals surface area contributed by atoms with Gasteiger partial charge in [-0.25, -0.2) is 4.98 Å². The van der Waals surface area contributed by atoms with E-state index in [0.29, 0.717) is 6.04 Å². The topological polar surface area (TPSA) is 59.3 Å². The summed E-state index contributed by atoms with van der Waals surface area (Å²) < 4.78 is 7.30. The normalized spacial score (nSPS) is 15.9. The Hall–Kier alpha value is -2.01. The fourth-order valence-electron chi connectivity index (χ4n) is 2.34. The number of nitrogens with one attached hydrogen (secondary N) is 1. The van der Waals surface area contributed by atoms with Gasteiger partial charge in [-0.2, -0.15) is 0 Å². The fourth-order valence-corrected chi connectivity index (χ4v) is 2.34. The van der Waals surface area contributed by atoms with Gasteiger partial charge in [0.25, 0.3) is 0 Å². The summed E-state index contributed by atoms with van der Waals surface area (Å²) in [6, 6.07) is 8.09. The van der Waals surface area contributed by atoms with Crippen LogP contribution in [0.25, 0.3) is 0 Å². The Kier molecular flexibility index (Phi) is 3.60. The Balaban J connectivity index is 1.77. The fraction of sp³-hybridized carbons (Fsp3) is 0.400. The molecule has 1 aliphatic rings. The van der Waals surface area contributed by atoms with Gasteiger partial charge in [0.1, 0.15) is 5.75 Å². The molecular weight excluding hydrogens is 254 g/mol. The van der Waals surface area contributed by atoms with Crippen LogP contribution < -0.4 is 10.1 Å². The maximum atomic E-state index is 9.66. The lowest BCUT2D eigenvalue weighted by atomic mass is 10.2. The average Bonchev–Trinajstić information content (AvgIpc) is 3.23. The first-order valence-corrected chi connectivity index (χ1v) is 6.85. The van der Waals surface area contributed by atoms with Gasteiger partial charge in [0.15, 0.2) is 0 Å². The summed E-state index contributed by atoms with van der Waals surface area (Å²) in [5, 5.41) is 13.0. The number of ether oxygens (including phenoxy) is 1. The highest BCUT2D eigenvalue weighted by atomic mass is 16.5. The number of aromatic nitrogens is 2. The first-order chi connectivity index (χ1) is 9.81. The van der Waals surface area contributed by atoms with Crippen LogP contribution >= 0.6 is 0 Å². The quantitative estimate of drug-likeness (QED) is 0.848.